The molecule has 1 atom stereocenters. The van der Waals surface area contributed by atoms with Crippen LogP contribution >= 0.6 is 0 Å². The molecule has 0 bridgehead atoms. The fourth-order valence-electron chi connectivity index (χ4n) is 1.34. The Hall–Kier alpha value is -1.70. The largest absolute Gasteiger partial charge is 0.465 e. The summed E-state index contributed by atoms with van der Waals surface area (Å²) in [6.45, 7) is 3.00. The number of carbonyl (C=O) groups excluding carboxylic acids is 1. The van der Waals surface area contributed by atoms with Gasteiger partial charge in [0.1, 0.15) is 22.5 Å². The van der Waals surface area contributed by atoms with Gasteiger partial charge in [-0.3, -0.25) is 0 Å². The quantitative estimate of drug-likeness (QED) is 0.786. The number of anilines is 1. The van der Waals surface area contributed by atoms with E-state index in [-0.39, 0.29) is 17.2 Å². The molecule has 1 aromatic heterocycles. The predicted molar refractivity (Wildman–Crippen MR) is 65.8 cm³/mol. The molecule has 0 aliphatic carbocycles. The van der Waals surface area contributed by atoms with Crippen LogP contribution in [0.1, 0.15) is 34.0 Å². The van der Waals surface area contributed by atoms with E-state index in [2.05, 4.69) is 14.7 Å². The molecule has 0 saturated carbocycles. The molecule has 18 heavy (non-hydrogen) atoms. The van der Waals surface area contributed by atoms with Gasteiger partial charge in [0, 0.05) is 6.26 Å². The summed E-state index contributed by atoms with van der Waals surface area (Å²) in [6.07, 6.45) is 1.08. The van der Waals surface area contributed by atoms with Crippen LogP contribution in [-0.4, -0.2) is 37.7 Å². The third-order valence-electron chi connectivity index (χ3n) is 2.53. The van der Waals surface area contributed by atoms with Crippen molar-refractivity contribution < 1.29 is 17.9 Å². The van der Waals surface area contributed by atoms with E-state index in [1.165, 1.54) is 14.0 Å². The summed E-state index contributed by atoms with van der Waals surface area (Å²) in [7, 11) is -2.11. The number of nitrogen functional groups attached to an aromatic ring is 1. The Balaban J connectivity index is 3.36. The van der Waals surface area contributed by atoms with Gasteiger partial charge in [0.15, 0.2) is 9.84 Å². The average Bonchev–Trinajstić information content (AvgIpc) is 2.25. The molecular weight excluding hydrogens is 258 g/mol. The molecule has 8 heteroatoms. The van der Waals surface area contributed by atoms with E-state index < -0.39 is 21.1 Å². The van der Waals surface area contributed by atoms with Crippen molar-refractivity contribution in [1.29, 1.82) is 0 Å². The maximum absolute atomic E-state index is 11.4. The zero-order valence-electron chi connectivity index (χ0n) is 10.6. The van der Waals surface area contributed by atoms with Crippen LogP contribution in [0.2, 0.25) is 0 Å². The first kappa shape index (κ1) is 14.4. The molecule has 0 saturated heterocycles. The third kappa shape index (κ3) is 2.76. The van der Waals surface area contributed by atoms with Gasteiger partial charge in [-0.05, 0) is 13.8 Å². The van der Waals surface area contributed by atoms with Crippen LogP contribution < -0.4 is 5.73 Å². The molecular formula is C10H15N3O4S. The number of aromatic nitrogens is 2. The Bertz CT molecular complexity index is 560. The van der Waals surface area contributed by atoms with E-state index in [0.29, 0.717) is 5.69 Å². The maximum Gasteiger partial charge on any atom is 0.343 e. The number of hydrogen-bond acceptors (Lipinski definition) is 7. The van der Waals surface area contributed by atoms with Crippen molar-refractivity contribution in [2.75, 3.05) is 19.1 Å². The van der Waals surface area contributed by atoms with E-state index in [1.807, 2.05) is 0 Å². The van der Waals surface area contributed by atoms with Gasteiger partial charge < -0.3 is 10.5 Å². The van der Waals surface area contributed by atoms with Crippen molar-refractivity contribution >= 4 is 21.6 Å². The van der Waals surface area contributed by atoms with Crippen molar-refractivity contribution in [3.8, 4) is 0 Å². The molecule has 1 unspecified atom stereocenters. The molecule has 0 amide bonds. The van der Waals surface area contributed by atoms with Crippen LogP contribution in [0.25, 0.3) is 0 Å². The highest BCUT2D eigenvalue weighted by atomic mass is 32.2. The fourth-order valence-corrected chi connectivity index (χ4v) is 1.83. The van der Waals surface area contributed by atoms with Gasteiger partial charge >= 0.3 is 5.97 Å². The summed E-state index contributed by atoms with van der Waals surface area (Å²) in [5, 5.41) is -0.884. The van der Waals surface area contributed by atoms with Gasteiger partial charge in [-0.1, -0.05) is 0 Å². The van der Waals surface area contributed by atoms with E-state index in [9.17, 15) is 13.2 Å². The first-order valence-electron chi connectivity index (χ1n) is 5.09. The highest BCUT2D eigenvalue weighted by Gasteiger charge is 2.24. The van der Waals surface area contributed by atoms with E-state index in [0.717, 1.165) is 6.26 Å². The first-order valence-corrected chi connectivity index (χ1v) is 7.05. The van der Waals surface area contributed by atoms with Crippen molar-refractivity contribution in [2.45, 2.75) is 19.1 Å². The molecule has 1 aromatic rings. The number of aryl methyl sites for hydroxylation is 1. The number of esters is 1. The predicted octanol–water partition coefficient (Wildman–Crippen LogP) is 0.259. The van der Waals surface area contributed by atoms with Gasteiger partial charge in [-0.2, -0.15) is 0 Å². The fraction of sp³-hybridized carbons (Fsp3) is 0.500. The summed E-state index contributed by atoms with van der Waals surface area (Å²) < 4.78 is 27.4. The van der Waals surface area contributed by atoms with Gasteiger partial charge in [-0.25, -0.2) is 23.2 Å². The molecule has 0 aliphatic heterocycles. The maximum atomic E-state index is 11.4. The minimum atomic E-state index is -3.32. The second kappa shape index (κ2) is 4.89. The van der Waals surface area contributed by atoms with Gasteiger partial charge in [0.05, 0.1) is 12.8 Å². The van der Waals surface area contributed by atoms with Gasteiger partial charge in [0.25, 0.3) is 0 Å². The number of methoxy groups -OCH3 is 1. The third-order valence-corrected chi connectivity index (χ3v) is 4.03. The normalized spacial score (nSPS) is 13.1. The van der Waals surface area contributed by atoms with E-state index in [4.69, 9.17) is 5.73 Å². The summed E-state index contributed by atoms with van der Waals surface area (Å²) in [5.41, 5.74) is 5.98. The summed E-state index contributed by atoms with van der Waals surface area (Å²) >= 11 is 0. The summed E-state index contributed by atoms with van der Waals surface area (Å²) in [4.78, 5) is 19.3. The van der Waals surface area contributed by atoms with Crippen LogP contribution in [-0.2, 0) is 14.6 Å². The van der Waals surface area contributed by atoms with Gasteiger partial charge in [-0.15, -0.1) is 0 Å². The van der Waals surface area contributed by atoms with E-state index >= 15 is 0 Å². The minimum Gasteiger partial charge on any atom is -0.465 e. The van der Waals surface area contributed by atoms with Crippen molar-refractivity contribution in [2.24, 2.45) is 0 Å². The molecule has 0 spiro atoms. The second-order valence-electron chi connectivity index (χ2n) is 3.89. The lowest BCUT2D eigenvalue weighted by molar-refractivity contribution is 0.0600. The Morgan fingerprint density at radius 3 is 2.33 bits per heavy atom. The molecule has 1 rings (SSSR count). The standard InChI is InChI=1S/C10H15N3O4S/c1-5-7(10(14)17-3)8(11)13-9(12-5)6(2)18(4,15)16/h6H,1-4H3,(H2,11,12,13). The Labute approximate surface area is 105 Å². The molecule has 0 radical (unpaired) electrons. The number of carbonyl (C=O) groups is 1. The number of nitrogens with zero attached hydrogens (tertiary/aromatic N) is 2. The summed E-state index contributed by atoms with van der Waals surface area (Å²) in [5.74, 6) is -0.663. The molecule has 0 fully saturated rings. The van der Waals surface area contributed by atoms with Crippen molar-refractivity contribution in [1.82, 2.24) is 9.97 Å². The van der Waals surface area contributed by atoms with E-state index in [1.54, 1.807) is 6.92 Å². The number of nitrogens with two attached hydrogens (primary N) is 1. The number of rotatable bonds is 3. The SMILES string of the molecule is COC(=O)c1c(C)nc(C(C)S(C)(=O)=O)nc1N. The minimum absolute atomic E-state index is 0.0574. The summed E-state index contributed by atoms with van der Waals surface area (Å²) in [6, 6.07) is 0. The number of ether oxygens (including phenoxy) is 1. The number of hydrogen-bond donors (Lipinski definition) is 1. The number of sulfone groups is 1. The molecule has 7 nitrogen and oxygen atoms in total. The lowest BCUT2D eigenvalue weighted by Gasteiger charge is -2.12. The molecule has 0 aromatic carbocycles. The zero-order valence-corrected chi connectivity index (χ0v) is 11.4. The molecule has 0 aliphatic rings. The first-order chi connectivity index (χ1) is 8.18. The van der Waals surface area contributed by atoms with Crippen molar-refractivity contribution in [3.63, 3.8) is 0 Å². The highest BCUT2D eigenvalue weighted by Crippen LogP contribution is 2.21. The molecule has 100 valence electrons. The van der Waals surface area contributed by atoms with Gasteiger partial charge in [0.2, 0.25) is 0 Å². The van der Waals surface area contributed by atoms with Crippen LogP contribution in [0.4, 0.5) is 5.82 Å². The van der Waals surface area contributed by atoms with Crippen LogP contribution in [0, 0.1) is 6.92 Å². The smallest absolute Gasteiger partial charge is 0.343 e. The van der Waals surface area contributed by atoms with Crippen LogP contribution in [0.5, 0.6) is 0 Å². The lowest BCUT2D eigenvalue weighted by atomic mass is 10.2. The average molecular weight is 273 g/mol. The van der Waals surface area contributed by atoms with Crippen LogP contribution in [0.3, 0.4) is 0 Å². The van der Waals surface area contributed by atoms with Crippen molar-refractivity contribution in [3.05, 3.63) is 17.1 Å². The second-order valence-corrected chi connectivity index (χ2v) is 6.26. The lowest BCUT2D eigenvalue weighted by Crippen LogP contribution is -2.17. The molecule has 1 heterocycles. The zero-order chi connectivity index (χ0) is 14.1. The Kier molecular flexibility index (Phi) is 3.90. The topological polar surface area (TPSA) is 112 Å². The Morgan fingerprint density at radius 2 is 1.94 bits per heavy atom. The Morgan fingerprint density at radius 1 is 1.39 bits per heavy atom. The highest BCUT2D eigenvalue weighted by molar-refractivity contribution is 7.90. The molecule has 2 N–H and O–H groups in total. The van der Waals surface area contributed by atoms with Crippen LogP contribution in [0.15, 0.2) is 0 Å². The monoisotopic (exact) mass is 273 g/mol.